The van der Waals surface area contributed by atoms with Crippen molar-refractivity contribution in [1.82, 2.24) is 5.32 Å². The molecule has 6 nitrogen and oxygen atoms in total. The topological polar surface area (TPSA) is 72.3 Å². The maximum Gasteiger partial charge on any atom is 0.160 e. The van der Waals surface area contributed by atoms with Crippen LogP contribution in [0, 0.1) is 0 Å². The van der Waals surface area contributed by atoms with E-state index in [4.69, 9.17) is 14.3 Å². The van der Waals surface area contributed by atoms with Crippen LogP contribution < -0.4 is 14.8 Å². The number of oxime groups is 1. The molecule has 3 aromatic carbocycles. The van der Waals surface area contributed by atoms with Crippen molar-refractivity contribution in [2.45, 2.75) is 12.5 Å². The summed E-state index contributed by atoms with van der Waals surface area (Å²) in [5.41, 5.74) is 6.36. The molecule has 0 bridgehead atoms. The normalized spacial score (nSPS) is 12.7. The minimum Gasteiger partial charge on any atom is -0.493 e. The second-order valence-electron chi connectivity index (χ2n) is 7.62. The fourth-order valence-electron chi connectivity index (χ4n) is 3.88. The smallest absolute Gasteiger partial charge is 0.160 e. The minimum absolute atomic E-state index is 0.122. The molecule has 0 spiro atoms. The van der Waals surface area contributed by atoms with E-state index in [1.54, 1.807) is 14.2 Å². The zero-order valence-corrected chi connectivity index (χ0v) is 18.4. The number of hydrogen-bond acceptors (Lipinski definition) is 6. The lowest BCUT2D eigenvalue weighted by Crippen LogP contribution is -2.31. The molecule has 4 rings (SSSR count). The Bertz CT molecular complexity index is 1050. The van der Waals surface area contributed by atoms with Gasteiger partial charge in [-0.1, -0.05) is 59.8 Å². The molecule has 1 atom stereocenters. The van der Waals surface area contributed by atoms with E-state index in [2.05, 4.69) is 22.6 Å². The van der Waals surface area contributed by atoms with Gasteiger partial charge in [-0.3, -0.25) is 0 Å². The standard InChI is InChI=1S/C26H28N2O4/c1-30-24-12-11-18(15-25(24)31-2)13-14-27-16-19(29)17-32-28-26-22-9-5-3-7-20(22)21-8-4-6-10-23(21)26/h3-12,15,19,27,29H,13-14,16-17H2,1-2H3. The molecule has 1 unspecified atom stereocenters. The second kappa shape index (κ2) is 10.3. The van der Waals surface area contributed by atoms with Crippen LogP contribution in [0.2, 0.25) is 0 Å². The van der Waals surface area contributed by atoms with Crippen molar-refractivity contribution in [3.8, 4) is 22.6 Å². The summed E-state index contributed by atoms with van der Waals surface area (Å²) >= 11 is 0. The van der Waals surface area contributed by atoms with Gasteiger partial charge in [-0.05, 0) is 41.8 Å². The molecule has 166 valence electrons. The van der Waals surface area contributed by atoms with Gasteiger partial charge < -0.3 is 24.7 Å². The van der Waals surface area contributed by atoms with Gasteiger partial charge in [-0.2, -0.15) is 0 Å². The monoisotopic (exact) mass is 432 g/mol. The first kappa shape index (κ1) is 21.9. The van der Waals surface area contributed by atoms with Crippen molar-refractivity contribution in [3.63, 3.8) is 0 Å². The van der Waals surface area contributed by atoms with Gasteiger partial charge in [-0.15, -0.1) is 0 Å². The first-order valence-corrected chi connectivity index (χ1v) is 10.7. The van der Waals surface area contributed by atoms with Crippen LogP contribution in [-0.2, 0) is 11.3 Å². The number of aliphatic hydroxyl groups excluding tert-OH is 1. The molecular weight excluding hydrogens is 404 g/mol. The summed E-state index contributed by atoms with van der Waals surface area (Å²) in [5, 5.41) is 17.9. The van der Waals surface area contributed by atoms with Crippen LogP contribution in [0.4, 0.5) is 0 Å². The highest BCUT2D eigenvalue weighted by atomic mass is 16.6. The van der Waals surface area contributed by atoms with Gasteiger partial charge in [0.2, 0.25) is 0 Å². The Morgan fingerprint density at radius 2 is 1.47 bits per heavy atom. The van der Waals surface area contributed by atoms with Crippen molar-refractivity contribution in [1.29, 1.82) is 0 Å². The summed E-state index contributed by atoms with van der Waals surface area (Å²) in [6.45, 7) is 1.27. The summed E-state index contributed by atoms with van der Waals surface area (Å²) < 4.78 is 10.6. The van der Waals surface area contributed by atoms with Crippen LogP contribution in [0.3, 0.4) is 0 Å². The van der Waals surface area contributed by atoms with Crippen LogP contribution in [0.15, 0.2) is 71.9 Å². The van der Waals surface area contributed by atoms with Gasteiger partial charge in [0.25, 0.3) is 0 Å². The first-order chi connectivity index (χ1) is 15.7. The summed E-state index contributed by atoms with van der Waals surface area (Å²) in [7, 11) is 3.25. The van der Waals surface area contributed by atoms with E-state index in [9.17, 15) is 5.11 Å². The fraction of sp³-hybridized carbons (Fsp3) is 0.269. The van der Waals surface area contributed by atoms with Gasteiger partial charge in [0.05, 0.1) is 14.2 Å². The molecule has 3 aromatic rings. The zero-order valence-electron chi connectivity index (χ0n) is 18.4. The molecule has 0 saturated carbocycles. The third-order valence-corrected chi connectivity index (χ3v) is 5.50. The number of hydrogen-bond donors (Lipinski definition) is 2. The van der Waals surface area contributed by atoms with Crippen LogP contribution in [-0.4, -0.2) is 50.8 Å². The molecule has 0 aromatic heterocycles. The average molecular weight is 433 g/mol. The number of ether oxygens (including phenoxy) is 2. The van der Waals surface area contributed by atoms with Gasteiger partial charge in [-0.25, -0.2) is 0 Å². The molecular formula is C26H28N2O4. The third kappa shape index (κ3) is 4.77. The molecule has 0 radical (unpaired) electrons. The summed E-state index contributed by atoms with van der Waals surface area (Å²) in [4.78, 5) is 5.53. The second-order valence-corrected chi connectivity index (χ2v) is 7.62. The van der Waals surface area contributed by atoms with E-state index in [0.29, 0.717) is 18.0 Å². The number of nitrogens with zero attached hydrogens (tertiary/aromatic N) is 1. The molecule has 0 fully saturated rings. The molecule has 0 amide bonds. The van der Waals surface area contributed by atoms with Gasteiger partial charge in [0.1, 0.15) is 18.4 Å². The number of rotatable bonds is 10. The largest absolute Gasteiger partial charge is 0.493 e. The summed E-state index contributed by atoms with van der Waals surface area (Å²) in [6, 6.07) is 22.2. The predicted octanol–water partition coefficient (Wildman–Crippen LogP) is 3.65. The number of aliphatic hydroxyl groups is 1. The Balaban J connectivity index is 1.26. The van der Waals surface area contributed by atoms with Gasteiger partial charge >= 0.3 is 0 Å². The Morgan fingerprint density at radius 3 is 2.09 bits per heavy atom. The molecule has 32 heavy (non-hydrogen) atoms. The van der Waals surface area contributed by atoms with E-state index in [1.165, 1.54) is 0 Å². The van der Waals surface area contributed by atoms with E-state index < -0.39 is 6.10 Å². The van der Waals surface area contributed by atoms with Crippen molar-refractivity contribution in [2.75, 3.05) is 33.9 Å². The lowest BCUT2D eigenvalue weighted by Gasteiger charge is -2.12. The van der Waals surface area contributed by atoms with Crippen molar-refractivity contribution in [2.24, 2.45) is 5.16 Å². The zero-order chi connectivity index (χ0) is 22.3. The number of nitrogens with one attached hydrogen (secondary N) is 1. The van der Waals surface area contributed by atoms with E-state index in [-0.39, 0.29) is 6.61 Å². The van der Waals surface area contributed by atoms with Crippen LogP contribution in [0.25, 0.3) is 11.1 Å². The lowest BCUT2D eigenvalue weighted by molar-refractivity contribution is 0.0407. The number of fused-ring (bicyclic) bond motifs is 3. The molecule has 1 aliphatic carbocycles. The first-order valence-electron chi connectivity index (χ1n) is 10.7. The maximum atomic E-state index is 10.3. The van der Waals surface area contributed by atoms with Crippen molar-refractivity contribution >= 4 is 5.71 Å². The number of benzene rings is 3. The van der Waals surface area contributed by atoms with E-state index in [0.717, 1.165) is 46.5 Å². The average Bonchev–Trinajstić information content (AvgIpc) is 3.15. The van der Waals surface area contributed by atoms with E-state index in [1.807, 2.05) is 54.6 Å². The Morgan fingerprint density at radius 1 is 0.844 bits per heavy atom. The molecule has 2 N–H and O–H groups in total. The summed E-state index contributed by atoms with van der Waals surface area (Å²) in [6.07, 6.45) is 0.153. The van der Waals surface area contributed by atoms with Crippen molar-refractivity contribution < 1.29 is 19.4 Å². The quantitative estimate of drug-likeness (QED) is 0.296. The van der Waals surface area contributed by atoms with Gasteiger partial charge in [0.15, 0.2) is 11.5 Å². The number of methoxy groups -OCH3 is 2. The Hall–Kier alpha value is -3.35. The third-order valence-electron chi connectivity index (χ3n) is 5.50. The molecule has 6 heteroatoms. The van der Waals surface area contributed by atoms with Gasteiger partial charge in [0, 0.05) is 17.7 Å². The summed E-state index contributed by atoms with van der Waals surface area (Å²) in [5.74, 6) is 1.43. The van der Waals surface area contributed by atoms with Crippen LogP contribution >= 0.6 is 0 Å². The fourth-order valence-corrected chi connectivity index (χ4v) is 3.88. The Kier molecular flexibility index (Phi) is 7.04. The van der Waals surface area contributed by atoms with E-state index >= 15 is 0 Å². The highest BCUT2D eigenvalue weighted by Crippen LogP contribution is 2.36. The highest BCUT2D eigenvalue weighted by Gasteiger charge is 2.24. The maximum absolute atomic E-state index is 10.3. The molecule has 0 aliphatic heterocycles. The molecule has 0 saturated heterocycles. The van der Waals surface area contributed by atoms with Crippen LogP contribution in [0.5, 0.6) is 11.5 Å². The highest BCUT2D eigenvalue weighted by molar-refractivity contribution is 6.24. The minimum atomic E-state index is -0.656. The Labute approximate surface area is 188 Å². The van der Waals surface area contributed by atoms with Crippen LogP contribution in [0.1, 0.15) is 16.7 Å². The lowest BCUT2D eigenvalue weighted by atomic mass is 10.1. The predicted molar refractivity (Wildman–Crippen MR) is 126 cm³/mol. The molecule has 1 aliphatic rings. The van der Waals surface area contributed by atoms with Crippen molar-refractivity contribution in [3.05, 3.63) is 83.4 Å². The SMILES string of the molecule is COc1ccc(CCNCC(O)CON=C2c3ccccc3-c3ccccc32)cc1OC. The molecule has 0 heterocycles.